The summed E-state index contributed by atoms with van der Waals surface area (Å²) < 4.78 is 24.8. The van der Waals surface area contributed by atoms with Crippen LogP contribution in [0, 0.1) is 5.92 Å². The molecule has 1 aromatic heterocycles. The minimum absolute atomic E-state index is 0.0216. The number of hydrogen-bond donors (Lipinski definition) is 1. The number of sulfone groups is 1. The average molecular weight is 232 g/mol. The molecule has 0 saturated carbocycles. The highest BCUT2D eigenvalue weighted by Crippen LogP contribution is 2.06. The van der Waals surface area contributed by atoms with Gasteiger partial charge in [-0.15, -0.1) is 5.10 Å². The molecule has 0 amide bonds. The molecule has 0 aromatic carbocycles. The van der Waals surface area contributed by atoms with Crippen LogP contribution in [0.5, 0.6) is 0 Å². The quantitative estimate of drug-likeness (QED) is 0.726. The Morgan fingerprint density at radius 2 is 2.27 bits per heavy atom. The van der Waals surface area contributed by atoms with Crippen LogP contribution in [0.3, 0.4) is 0 Å². The summed E-state index contributed by atoms with van der Waals surface area (Å²) in [6, 6.07) is 0. The molecular weight excluding hydrogens is 216 g/mol. The summed E-state index contributed by atoms with van der Waals surface area (Å²) in [5.74, 6) is 0.0114. The molecule has 0 bridgehead atoms. The maximum absolute atomic E-state index is 11.6. The van der Waals surface area contributed by atoms with Gasteiger partial charge in [0.2, 0.25) is 0 Å². The molecule has 6 nitrogen and oxygen atoms in total. The normalized spacial score (nSPS) is 14.1. The zero-order chi connectivity index (χ0) is 11.5. The molecule has 0 aliphatic heterocycles. The SMILES string of the molecule is CC(CN)CS(=O)(=O)Cc1cn(C)nn1. The molecule has 1 unspecified atom stereocenters. The van der Waals surface area contributed by atoms with E-state index < -0.39 is 9.84 Å². The maximum atomic E-state index is 11.6. The molecule has 1 rings (SSSR count). The Balaban J connectivity index is 2.64. The van der Waals surface area contributed by atoms with E-state index in [9.17, 15) is 8.42 Å². The van der Waals surface area contributed by atoms with Crippen molar-refractivity contribution in [3.8, 4) is 0 Å². The molecule has 0 fully saturated rings. The van der Waals surface area contributed by atoms with Gasteiger partial charge in [-0.05, 0) is 12.5 Å². The summed E-state index contributed by atoms with van der Waals surface area (Å²) in [6.45, 7) is 2.19. The summed E-state index contributed by atoms with van der Waals surface area (Å²) in [5, 5.41) is 7.41. The van der Waals surface area contributed by atoms with Gasteiger partial charge in [-0.2, -0.15) is 0 Å². The predicted octanol–water partition coefficient (Wildman–Crippen LogP) is -0.675. The first kappa shape index (κ1) is 12.1. The molecule has 7 heteroatoms. The van der Waals surface area contributed by atoms with E-state index in [2.05, 4.69) is 10.3 Å². The predicted molar refractivity (Wildman–Crippen MR) is 56.7 cm³/mol. The molecule has 2 N–H and O–H groups in total. The molecule has 0 radical (unpaired) electrons. The molecule has 1 heterocycles. The van der Waals surface area contributed by atoms with Gasteiger partial charge in [-0.1, -0.05) is 12.1 Å². The largest absolute Gasteiger partial charge is 0.330 e. The van der Waals surface area contributed by atoms with E-state index in [-0.39, 0.29) is 17.4 Å². The molecule has 15 heavy (non-hydrogen) atoms. The average Bonchev–Trinajstić information content (AvgIpc) is 2.49. The van der Waals surface area contributed by atoms with Crippen LogP contribution in [0.1, 0.15) is 12.6 Å². The Kier molecular flexibility index (Phi) is 3.81. The van der Waals surface area contributed by atoms with E-state index in [1.54, 1.807) is 13.2 Å². The summed E-state index contributed by atoms with van der Waals surface area (Å²) in [4.78, 5) is 0. The van der Waals surface area contributed by atoms with E-state index in [1.807, 2.05) is 6.92 Å². The third-order valence-corrected chi connectivity index (χ3v) is 3.77. The van der Waals surface area contributed by atoms with Gasteiger partial charge >= 0.3 is 0 Å². The van der Waals surface area contributed by atoms with Crippen molar-refractivity contribution in [2.24, 2.45) is 18.7 Å². The minimum atomic E-state index is -3.13. The number of aryl methyl sites for hydroxylation is 1. The van der Waals surface area contributed by atoms with E-state index in [4.69, 9.17) is 5.73 Å². The lowest BCUT2D eigenvalue weighted by Crippen LogP contribution is -2.22. The first-order valence-electron chi connectivity index (χ1n) is 4.68. The second-order valence-electron chi connectivity index (χ2n) is 3.78. The lowest BCUT2D eigenvalue weighted by molar-refractivity contribution is 0.572. The molecule has 1 aromatic rings. The molecule has 1 atom stereocenters. The lowest BCUT2D eigenvalue weighted by Gasteiger charge is -2.07. The molecular formula is C8H16N4O2S. The number of rotatable bonds is 5. The summed E-state index contributed by atoms with van der Waals surface area (Å²) in [5.41, 5.74) is 5.85. The van der Waals surface area contributed by atoms with Gasteiger partial charge in [0.05, 0.1) is 17.2 Å². The van der Waals surface area contributed by atoms with Crippen LogP contribution in [-0.2, 0) is 22.6 Å². The van der Waals surface area contributed by atoms with Crippen LogP contribution in [0.2, 0.25) is 0 Å². The fourth-order valence-electron chi connectivity index (χ4n) is 1.25. The fourth-order valence-corrected chi connectivity index (χ4v) is 2.95. The van der Waals surface area contributed by atoms with Crippen LogP contribution >= 0.6 is 0 Å². The molecule has 0 aliphatic rings. The minimum Gasteiger partial charge on any atom is -0.330 e. The van der Waals surface area contributed by atoms with Crippen molar-refractivity contribution in [2.45, 2.75) is 12.7 Å². The molecule has 0 spiro atoms. The van der Waals surface area contributed by atoms with Crippen molar-refractivity contribution < 1.29 is 8.42 Å². The van der Waals surface area contributed by atoms with Crippen molar-refractivity contribution in [3.05, 3.63) is 11.9 Å². The smallest absolute Gasteiger partial charge is 0.156 e. The van der Waals surface area contributed by atoms with Gasteiger partial charge in [0.15, 0.2) is 9.84 Å². The highest BCUT2D eigenvalue weighted by Gasteiger charge is 2.17. The van der Waals surface area contributed by atoms with Gasteiger partial charge in [-0.25, -0.2) is 8.42 Å². The van der Waals surface area contributed by atoms with Gasteiger partial charge in [0, 0.05) is 13.2 Å². The number of hydrogen-bond acceptors (Lipinski definition) is 5. The van der Waals surface area contributed by atoms with Gasteiger partial charge < -0.3 is 5.73 Å². The van der Waals surface area contributed by atoms with Crippen LogP contribution in [0.4, 0.5) is 0 Å². The van der Waals surface area contributed by atoms with Crippen molar-refractivity contribution in [1.82, 2.24) is 15.0 Å². The zero-order valence-electron chi connectivity index (χ0n) is 8.92. The second kappa shape index (κ2) is 4.71. The summed E-state index contributed by atoms with van der Waals surface area (Å²) in [7, 11) is -1.43. The standard InChI is InChI=1S/C8H16N4O2S/c1-7(3-9)5-15(13,14)6-8-4-12(2)11-10-8/h4,7H,3,5-6,9H2,1-2H3. The number of aromatic nitrogens is 3. The van der Waals surface area contributed by atoms with Gasteiger partial charge in [-0.3, -0.25) is 4.68 Å². The molecule has 0 saturated heterocycles. The Hall–Kier alpha value is -0.950. The van der Waals surface area contributed by atoms with Crippen molar-refractivity contribution in [2.75, 3.05) is 12.3 Å². The van der Waals surface area contributed by atoms with E-state index >= 15 is 0 Å². The molecule has 0 aliphatic carbocycles. The fraction of sp³-hybridized carbons (Fsp3) is 0.750. The van der Waals surface area contributed by atoms with Crippen LogP contribution in [0.15, 0.2) is 6.20 Å². The van der Waals surface area contributed by atoms with Crippen LogP contribution < -0.4 is 5.73 Å². The zero-order valence-corrected chi connectivity index (χ0v) is 9.74. The Morgan fingerprint density at radius 3 is 2.73 bits per heavy atom. The highest BCUT2D eigenvalue weighted by atomic mass is 32.2. The van der Waals surface area contributed by atoms with Crippen molar-refractivity contribution >= 4 is 9.84 Å². The van der Waals surface area contributed by atoms with Gasteiger partial charge in [0.1, 0.15) is 0 Å². The Morgan fingerprint density at radius 1 is 1.60 bits per heavy atom. The maximum Gasteiger partial charge on any atom is 0.156 e. The monoisotopic (exact) mass is 232 g/mol. The van der Waals surface area contributed by atoms with Crippen molar-refractivity contribution in [3.63, 3.8) is 0 Å². The molecule has 86 valence electrons. The third-order valence-electron chi connectivity index (χ3n) is 1.96. The van der Waals surface area contributed by atoms with E-state index in [0.717, 1.165) is 0 Å². The van der Waals surface area contributed by atoms with E-state index in [1.165, 1.54) is 4.68 Å². The number of nitrogens with two attached hydrogens (primary N) is 1. The summed E-state index contributed by atoms with van der Waals surface area (Å²) >= 11 is 0. The van der Waals surface area contributed by atoms with E-state index in [0.29, 0.717) is 12.2 Å². The lowest BCUT2D eigenvalue weighted by atomic mass is 10.2. The Labute approximate surface area is 89.4 Å². The topological polar surface area (TPSA) is 90.9 Å². The second-order valence-corrected chi connectivity index (χ2v) is 5.89. The first-order valence-corrected chi connectivity index (χ1v) is 6.51. The first-order chi connectivity index (χ1) is 6.93. The third kappa shape index (κ3) is 3.96. The van der Waals surface area contributed by atoms with Gasteiger partial charge in [0.25, 0.3) is 0 Å². The highest BCUT2D eigenvalue weighted by molar-refractivity contribution is 7.90. The van der Waals surface area contributed by atoms with Crippen molar-refractivity contribution in [1.29, 1.82) is 0 Å². The van der Waals surface area contributed by atoms with Crippen LogP contribution in [0.25, 0.3) is 0 Å². The summed E-state index contributed by atoms with van der Waals surface area (Å²) in [6.07, 6.45) is 1.60. The van der Waals surface area contributed by atoms with Crippen LogP contribution in [-0.4, -0.2) is 35.7 Å². The number of nitrogens with zero attached hydrogens (tertiary/aromatic N) is 3. The Bertz CT molecular complexity index is 412.